The highest BCUT2D eigenvalue weighted by Crippen LogP contribution is 2.36. The van der Waals surface area contributed by atoms with Gasteiger partial charge in [0.2, 0.25) is 11.6 Å². The van der Waals surface area contributed by atoms with E-state index in [1.54, 1.807) is 5.01 Å². The van der Waals surface area contributed by atoms with Crippen LogP contribution in [0.1, 0.15) is 0 Å². The van der Waals surface area contributed by atoms with Gasteiger partial charge in [0.05, 0.1) is 0 Å². The number of anilines is 4. The van der Waals surface area contributed by atoms with Gasteiger partial charge in [-0.15, -0.1) is 9.89 Å². The van der Waals surface area contributed by atoms with Gasteiger partial charge >= 0.3 is 0 Å². The number of rotatable bonds is 1. The lowest BCUT2D eigenvalue weighted by molar-refractivity contribution is 0.612. The summed E-state index contributed by atoms with van der Waals surface area (Å²) in [6, 6.07) is 0. The Kier molecular flexibility index (Phi) is 2.26. The number of fused-ring (bicyclic) bond motifs is 2. The molecule has 0 unspecified atom stereocenters. The molecule has 3 aromatic rings. The maximum absolute atomic E-state index is 11.8. The van der Waals surface area contributed by atoms with Crippen molar-refractivity contribution in [2.75, 3.05) is 35.1 Å². The lowest BCUT2D eigenvalue weighted by atomic mass is 10.4. The van der Waals surface area contributed by atoms with Gasteiger partial charge in [-0.25, -0.2) is 15.0 Å². The predicted octanol–water partition coefficient (Wildman–Crippen LogP) is -1.85. The average Bonchev–Trinajstić information content (AvgIpc) is 3.01. The van der Waals surface area contributed by atoms with Gasteiger partial charge in [-0.1, -0.05) is 0 Å². The van der Waals surface area contributed by atoms with Crippen molar-refractivity contribution >= 4 is 34.4 Å². The van der Waals surface area contributed by atoms with Crippen LogP contribution in [0.15, 0.2) is 11.1 Å². The van der Waals surface area contributed by atoms with Crippen molar-refractivity contribution in [1.29, 1.82) is 0 Å². The molecule has 0 saturated carbocycles. The number of nitrogens with zero attached hydrogens (tertiary/aromatic N) is 8. The number of nitrogens with two attached hydrogens (primary N) is 2. The zero-order valence-electron chi connectivity index (χ0n) is 11.4. The van der Waals surface area contributed by atoms with Gasteiger partial charge in [-0.05, 0) is 5.21 Å². The summed E-state index contributed by atoms with van der Waals surface area (Å²) >= 11 is 0. The van der Waals surface area contributed by atoms with Crippen LogP contribution >= 0.6 is 0 Å². The summed E-state index contributed by atoms with van der Waals surface area (Å²) in [4.78, 5) is 29.7. The molecule has 0 atom stereocenters. The smallest absolute Gasteiger partial charge is 0.282 e. The molecule has 4 heterocycles. The molecule has 0 aliphatic carbocycles. The van der Waals surface area contributed by atoms with Gasteiger partial charge in [0, 0.05) is 7.05 Å². The average molecular weight is 301 g/mol. The van der Waals surface area contributed by atoms with E-state index < -0.39 is 5.56 Å². The van der Waals surface area contributed by atoms with E-state index in [9.17, 15) is 4.79 Å². The van der Waals surface area contributed by atoms with Crippen molar-refractivity contribution in [1.82, 2.24) is 35.0 Å². The maximum Gasteiger partial charge on any atom is 0.282 e. The molecule has 0 aromatic carbocycles. The van der Waals surface area contributed by atoms with Gasteiger partial charge in [0.15, 0.2) is 17.2 Å². The fraction of sp³-hybridized carbons (Fsp3) is 0.200. The third-order valence-electron chi connectivity index (χ3n) is 3.35. The van der Waals surface area contributed by atoms with Crippen molar-refractivity contribution in [2.45, 2.75) is 0 Å². The SMILES string of the molecule is CN1CN(n2nnc3c(=O)[nH]c(N)nc32)c2ncnc(N)c21. The van der Waals surface area contributed by atoms with E-state index in [-0.39, 0.29) is 17.1 Å². The molecule has 1 aliphatic rings. The first-order valence-electron chi connectivity index (χ1n) is 6.27. The van der Waals surface area contributed by atoms with Crippen LogP contribution in [0.2, 0.25) is 0 Å². The van der Waals surface area contributed by atoms with E-state index in [0.29, 0.717) is 24.0 Å². The highest BCUT2D eigenvalue weighted by Gasteiger charge is 2.31. The third kappa shape index (κ3) is 1.51. The zero-order chi connectivity index (χ0) is 15.4. The number of H-pyrrole nitrogens is 1. The minimum Gasteiger partial charge on any atom is -0.382 e. The fourth-order valence-electron chi connectivity index (χ4n) is 2.42. The highest BCUT2D eigenvalue weighted by atomic mass is 16.1. The number of hydrogen-bond donors (Lipinski definition) is 3. The molecule has 0 radical (unpaired) electrons. The molecule has 0 saturated heterocycles. The van der Waals surface area contributed by atoms with Crippen LogP contribution in [0.3, 0.4) is 0 Å². The normalized spacial score (nSPS) is 13.9. The monoisotopic (exact) mass is 301 g/mol. The van der Waals surface area contributed by atoms with Gasteiger partial charge < -0.3 is 16.4 Å². The molecule has 12 heteroatoms. The molecular weight excluding hydrogens is 290 g/mol. The number of nitrogen functional groups attached to an aromatic ring is 2. The molecule has 0 bridgehead atoms. The summed E-state index contributed by atoms with van der Waals surface area (Å²) in [5.74, 6) is 0.878. The summed E-state index contributed by atoms with van der Waals surface area (Å²) in [6.07, 6.45) is 1.36. The van der Waals surface area contributed by atoms with Gasteiger partial charge in [0.25, 0.3) is 5.56 Å². The van der Waals surface area contributed by atoms with E-state index >= 15 is 0 Å². The Hall–Kier alpha value is -3.44. The first kappa shape index (κ1) is 12.3. The van der Waals surface area contributed by atoms with Crippen molar-refractivity contribution in [3.05, 3.63) is 16.7 Å². The Morgan fingerprint density at radius 2 is 2.14 bits per heavy atom. The van der Waals surface area contributed by atoms with Crippen molar-refractivity contribution in [3.8, 4) is 0 Å². The molecule has 4 rings (SSSR count). The van der Waals surface area contributed by atoms with Crippen LogP contribution in [0.5, 0.6) is 0 Å². The van der Waals surface area contributed by atoms with E-state index in [0.717, 1.165) is 0 Å². The molecule has 3 aromatic heterocycles. The minimum atomic E-state index is -0.455. The Morgan fingerprint density at radius 1 is 1.32 bits per heavy atom. The number of aromatic amines is 1. The van der Waals surface area contributed by atoms with Crippen molar-refractivity contribution in [3.63, 3.8) is 0 Å². The number of aromatic nitrogens is 7. The molecule has 12 nitrogen and oxygen atoms in total. The largest absolute Gasteiger partial charge is 0.382 e. The number of hydrogen-bond acceptors (Lipinski definition) is 10. The summed E-state index contributed by atoms with van der Waals surface area (Å²) in [5, 5.41) is 9.48. The summed E-state index contributed by atoms with van der Waals surface area (Å²) in [7, 11) is 1.84. The van der Waals surface area contributed by atoms with E-state index in [4.69, 9.17) is 11.5 Å². The Bertz CT molecular complexity index is 944. The third-order valence-corrected chi connectivity index (χ3v) is 3.35. The molecule has 112 valence electrons. The highest BCUT2D eigenvalue weighted by molar-refractivity contribution is 5.82. The van der Waals surface area contributed by atoms with Crippen LogP contribution in [0.25, 0.3) is 11.2 Å². The van der Waals surface area contributed by atoms with Crippen LogP contribution in [-0.2, 0) is 0 Å². The topological polar surface area (TPSA) is 161 Å². The Balaban J connectivity index is 1.95. The Labute approximate surface area is 122 Å². The maximum atomic E-state index is 11.8. The van der Waals surface area contributed by atoms with Crippen molar-refractivity contribution < 1.29 is 0 Å². The summed E-state index contributed by atoms with van der Waals surface area (Å²) < 4.78 is 0. The quantitative estimate of drug-likeness (QED) is 0.465. The molecule has 0 amide bonds. The molecular formula is C10H11N11O. The fourth-order valence-corrected chi connectivity index (χ4v) is 2.42. The van der Waals surface area contributed by atoms with Crippen LogP contribution < -0.4 is 26.9 Å². The first-order chi connectivity index (χ1) is 10.6. The standard InChI is InChI=1S/C10H11N11O/c1-19-3-20(8-5(19)6(11)13-2-14-8)21-7-4(17-18-21)9(22)16-10(12)15-7/h2H,3H2,1H3,(H2,11,13,14)(H3,12,15,16,22). The van der Waals surface area contributed by atoms with Crippen LogP contribution in [-0.4, -0.2) is 48.8 Å². The molecule has 5 N–H and O–H groups in total. The second kappa shape index (κ2) is 4.03. The predicted molar refractivity (Wildman–Crippen MR) is 77.9 cm³/mol. The minimum absolute atomic E-state index is 0.0176. The van der Waals surface area contributed by atoms with Gasteiger partial charge in [0.1, 0.15) is 18.7 Å². The van der Waals surface area contributed by atoms with E-state index in [1.807, 2.05) is 11.9 Å². The summed E-state index contributed by atoms with van der Waals surface area (Å²) in [5.41, 5.74) is 12.0. The van der Waals surface area contributed by atoms with Crippen LogP contribution in [0, 0.1) is 0 Å². The number of nitrogens with one attached hydrogen (secondary N) is 1. The molecule has 0 spiro atoms. The Morgan fingerprint density at radius 3 is 2.95 bits per heavy atom. The second-order valence-electron chi connectivity index (χ2n) is 4.77. The molecule has 1 aliphatic heterocycles. The van der Waals surface area contributed by atoms with Gasteiger partial charge in [-0.3, -0.25) is 9.78 Å². The lowest BCUT2D eigenvalue weighted by Gasteiger charge is -2.17. The first-order valence-corrected chi connectivity index (χ1v) is 6.27. The lowest BCUT2D eigenvalue weighted by Crippen LogP contribution is -2.34. The summed E-state index contributed by atoms with van der Waals surface area (Å²) in [6.45, 7) is 0.394. The second-order valence-corrected chi connectivity index (χ2v) is 4.77. The van der Waals surface area contributed by atoms with E-state index in [2.05, 4.69) is 30.2 Å². The van der Waals surface area contributed by atoms with E-state index in [1.165, 1.54) is 11.1 Å². The molecule has 0 fully saturated rings. The van der Waals surface area contributed by atoms with Gasteiger partial charge in [-0.2, -0.15) is 4.98 Å². The molecule has 22 heavy (non-hydrogen) atoms. The van der Waals surface area contributed by atoms with Crippen molar-refractivity contribution in [2.24, 2.45) is 0 Å². The zero-order valence-corrected chi connectivity index (χ0v) is 11.4. The van der Waals surface area contributed by atoms with Crippen LogP contribution in [0.4, 0.5) is 23.3 Å².